The number of carbonyl (C=O) groups is 2. The smallest absolute Gasteiger partial charge is 0.335 e. The Morgan fingerprint density at radius 3 is 2.69 bits per heavy atom. The van der Waals surface area contributed by atoms with E-state index < -0.39 is 34.5 Å². The SMILES string of the molecule is CC(Sc1nc(-c2cccs2)cc(C(F)(F)F)c1C#N)C(=O)NC(=O)NC1CC1. The molecule has 0 spiro atoms. The Morgan fingerprint density at radius 1 is 1.41 bits per heavy atom. The molecule has 2 aromatic heterocycles. The molecule has 0 bridgehead atoms. The standard InChI is InChI=1S/C18H15F3N4O2S2/c1-9(15(26)25-17(27)23-10-4-5-10)29-16-11(8-22)12(18(19,20)21)7-13(24-16)14-3-2-6-28-14/h2-3,6-7,9-10H,4-5H2,1H3,(H2,23,25,26,27). The second-order valence-corrected chi connectivity index (χ2v) is 8.60. The van der Waals surface area contributed by atoms with Gasteiger partial charge in [-0.25, -0.2) is 9.78 Å². The monoisotopic (exact) mass is 440 g/mol. The van der Waals surface area contributed by atoms with E-state index in [1.165, 1.54) is 18.3 Å². The molecule has 2 heterocycles. The number of rotatable bonds is 5. The predicted molar refractivity (Wildman–Crippen MR) is 102 cm³/mol. The van der Waals surface area contributed by atoms with Crippen LogP contribution in [0, 0.1) is 11.3 Å². The van der Waals surface area contributed by atoms with Crippen LogP contribution < -0.4 is 10.6 Å². The number of alkyl halides is 3. The lowest BCUT2D eigenvalue weighted by atomic mass is 10.1. The van der Waals surface area contributed by atoms with E-state index in [9.17, 15) is 28.0 Å². The minimum absolute atomic E-state index is 0.0504. The summed E-state index contributed by atoms with van der Waals surface area (Å²) in [5.74, 6) is -0.686. The zero-order valence-electron chi connectivity index (χ0n) is 15.0. The maximum absolute atomic E-state index is 13.5. The van der Waals surface area contributed by atoms with Crippen molar-refractivity contribution in [3.63, 3.8) is 0 Å². The minimum atomic E-state index is -4.76. The van der Waals surface area contributed by atoms with Crippen molar-refractivity contribution in [1.82, 2.24) is 15.6 Å². The normalized spacial score (nSPS) is 14.7. The van der Waals surface area contributed by atoms with E-state index in [0.717, 1.165) is 18.9 Å². The van der Waals surface area contributed by atoms with E-state index in [1.807, 2.05) is 0 Å². The highest BCUT2D eigenvalue weighted by molar-refractivity contribution is 8.00. The summed E-state index contributed by atoms with van der Waals surface area (Å²) in [6.45, 7) is 1.43. The van der Waals surface area contributed by atoms with Gasteiger partial charge in [-0.2, -0.15) is 18.4 Å². The molecular weight excluding hydrogens is 425 g/mol. The Bertz CT molecular complexity index is 967. The summed E-state index contributed by atoms with van der Waals surface area (Å²) in [5, 5.41) is 14.6. The maximum atomic E-state index is 13.5. The number of amides is 3. The lowest BCUT2D eigenvalue weighted by Gasteiger charge is -2.16. The van der Waals surface area contributed by atoms with Gasteiger partial charge in [0.05, 0.1) is 26.9 Å². The summed E-state index contributed by atoms with van der Waals surface area (Å²) < 4.78 is 40.5. The van der Waals surface area contributed by atoms with Crippen molar-refractivity contribution in [2.75, 3.05) is 0 Å². The van der Waals surface area contributed by atoms with E-state index in [4.69, 9.17) is 0 Å². The van der Waals surface area contributed by atoms with Crippen molar-refractivity contribution < 1.29 is 22.8 Å². The van der Waals surface area contributed by atoms with Gasteiger partial charge in [0.1, 0.15) is 11.1 Å². The van der Waals surface area contributed by atoms with Crippen LogP contribution in [0.15, 0.2) is 28.6 Å². The van der Waals surface area contributed by atoms with Crippen molar-refractivity contribution in [2.24, 2.45) is 0 Å². The van der Waals surface area contributed by atoms with Gasteiger partial charge in [0.2, 0.25) is 5.91 Å². The summed E-state index contributed by atoms with van der Waals surface area (Å²) in [6, 6.07) is 5.08. The number of thiophene rings is 1. The zero-order valence-corrected chi connectivity index (χ0v) is 16.7. The highest BCUT2D eigenvalue weighted by Crippen LogP contribution is 2.39. The Kier molecular flexibility index (Phi) is 6.14. The average molecular weight is 440 g/mol. The van der Waals surface area contributed by atoms with Gasteiger partial charge < -0.3 is 5.32 Å². The second kappa shape index (κ2) is 8.42. The molecule has 1 saturated carbocycles. The van der Waals surface area contributed by atoms with Crippen LogP contribution in [0.3, 0.4) is 0 Å². The van der Waals surface area contributed by atoms with Crippen LogP contribution in [0.2, 0.25) is 0 Å². The molecule has 2 N–H and O–H groups in total. The molecule has 1 aliphatic carbocycles. The van der Waals surface area contributed by atoms with Gasteiger partial charge in [0.15, 0.2) is 0 Å². The molecule has 29 heavy (non-hydrogen) atoms. The van der Waals surface area contributed by atoms with Crippen molar-refractivity contribution in [3.8, 4) is 16.6 Å². The molecule has 1 aliphatic rings. The predicted octanol–water partition coefficient (Wildman–Crippen LogP) is 4.17. The Labute approximate surface area is 172 Å². The molecule has 3 rings (SSSR count). The summed E-state index contributed by atoms with van der Waals surface area (Å²) in [7, 11) is 0. The third kappa shape index (κ3) is 5.27. The lowest BCUT2D eigenvalue weighted by Crippen LogP contribution is -2.43. The zero-order chi connectivity index (χ0) is 21.2. The Balaban J connectivity index is 1.88. The summed E-state index contributed by atoms with van der Waals surface area (Å²) in [4.78, 5) is 28.6. The van der Waals surface area contributed by atoms with E-state index in [-0.39, 0.29) is 16.8 Å². The molecule has 0 radical (unpaired) electrons. The van der Waals surface area contributed by atoms with Gasteiger partial charge in [-0.15, -0.1) is 11.3 Å². The van der Waals surface area contributed by atoms with E-state index >= 15 is 0 Å². The van der Waals surface area contributed by atoms with Crippen molar-refractivity contribution in [3.05, 3.63) is 34.7 Å². The van der Waals surface area contributed by atoms with Crippen LogP contribution in [-0.2, 0) is 11.0 Å². The fourth-order valence-corrected chi connectivity index (χ4v) is 3.98. The highest BCUT2D eigenvalue weighted by Gasteiger charge is 2.37. The van der Waals surface area contributed by atoms with Crippen molar-refractivity contribution >= 4 is 35.0 Å². The molecule has 152 valence electrons. The number of urea groups is 1. The number of nitrogens with zero attached hydrogens (tertiary/aromatic N) is 2. The molecule has 1 fully saturated rings. The van der Waals surface area contributed by atoms with E-state index in [0.29, 0.717) is 16.6 Å². The number of pyridine rings is 1. The number of carbonyl (C=O) groups excluding carboxylic acids is 2. The molecule has 0 saturated heterocycles. The summed E-state index contributed by atoms with van der Waals surface area (Å²) >= 11 is 1.91. The fraction of sp³-hybridized carbons (Fsp3) is 0.333. The van der Waals surface area contributed by atoms with E-state index in [1.54, 1.807) is 23.6 Å². The maximum Gasteiger partial charge on any atom is 0.417 e. The summed E-state index contributed by atoms with van der Waals surface area (Å²) in [6.07, 6.45) is -3.07. The van der Waals surface area contributed by atoms with Gasteiger partial charge in [0, 0.05) is 6.04 Å². The van der Waals surface area contributed by atoms with Gasteiger partial charge in [-0.3, -0.25) is 10.1 Å². The number of halogens is 3. The number of nitriles is 1. The number of imide groups is 1. The lowest BCUT2D eigenvalue weighted by molar-refractivity contribution is -0.138. The van der Waals surface area contributed by atoms with Crippen LogP contribution in [0.5, 0.6) is 0 Å². The molecule has 1 atom stereocenters. The number of thioether (sulfide) groups is 1. The first-order chi connectivity index (χ1) is 13.7. The topological polar surface area (TPSA) is 94.9 Å². The van der Waals surface area contributed by atoms with Gasteiger partial charge in [-0.05, 0) is 37.3 Å². The molecular formula is C18H15F3N4O2S2. The first-order valence-electron chi connectivity index (χ1n) is 8.53. The summed E-state index contributed by atoms with van der Waals surface area (Å²) in [5.41, 5.74) is -1.70. The first kappa shape index (κ1) is 21.1. The van der Waals surface area contributed by atoms with Crippen LogP contribution in [0.4, 0.5) is 18.0 Å². The van der Waals surface area contributed by atoms with Crippen LogP contribution >= 0.6 is 23.1 Å². The van der Waals surface area contributed by atoms with Crippen molar-refractivity contribution in [1.29, 1.82) is 5.26 Å². The number of hydrogen-bond acceptors (Lipinski definition) is 6. The van der Waals surface area contributed by atoms with Crippen LogP contribution in [-0.4, -0.2) is 28.2 Å². The molecule has 6 nitrogen and oxygen atoms in total. The molecule has 3 amide bonds. The first-order valence-corrected chi connectivity index (χ1v) is 10.3. The van der Waals surface area contributed by atoms with Crippen LogP contribution in [0.25, 0.3) is 10.6 Å². The largest absolute Gasteiger partial charge is 0.417 e. The van der Waals surface area contributed by atoms with Crippen LogP contribution in [0.1, 0.15) is 30.9 Å². The van der Waals surface area contributed by atoms with E-state index in [2.05, 4.69) is 15.6 Å². The number of aromatic nitrogens is 1. The van der Waals surface area contributed by atoms with Gasteiger partial charge in [0.25, 0.3) is 0 Å². The quantitative estimate of drug-likeness (QED) is 0.681. The Morgan fingerprint density at radius 2 is 2.14 bits per heavy atom. The van der Waals surface area contributed by atoms with Crippen molar-refractivity contribution in [2.45, 2.75) is 42.3 Å². The fourth-order valence-electron chi connectivity index (χ4n) is 2.37. The number of nitrogens with one attached hydrogen (secondary N) is 2. The third-order valence-electron chi connectivity index (χ3n) is 3.98. The number of hydrogen-bond donors (Lipinski definition) is 2. The second-order valence-electron chi connectivity index (χ2n) is 6.32. The molecule has 1 unspecified atom stereocenters. The molecule has 0 aromatic carbocycles. The van der Waals surface area contributed by atoms with Gasteiger partial charge >= 0.3 is 12.2 Å². The highest BCUT2D eigenvalue weighted by atomic mass is 32.2. The third-order valence-corrected chi connectivity index (χ3v) is 5.96. The van der Waals surface area contributed by atoms with Gasteiger partial charge in [-0.1, -0.05) is 17.8 Å². The Hall–Kier alpha value is -2.58. The average Bonchev–Trinajstić information content (AvgIpc) is 3.28. The molecule has 2 aromatic rings. The molecule has 0 aliphatic heterocycles. The molecule has 11 heteroatoms. The minimum Gasteiger partial charge on any atom is -0.335 e.